The van der Waals surface area contributed by atoms with E-state index < -0.39 is 0 Å². The highest BCUT2D eigenvalue weighted by atomic mass is 16.5. The van der Waals surface area contributed by atoms with Gasteiger partial charge in [0.2, 0.25) is 5.75 Å². The van der Waals surface area contributed by atoms with Crippen molar-refractivity contribution in [2.45, 2.75) is 26.8 Å². The number of hydrogen-bond donors (Lipinski definition) is 3. The van der Waals surface area contributed by atoms with E-state index in [1.165, 1.54) is 6.33 Å². The zero-order chi connectivity index (χ0) is 14.3. The molecule has 0 amide bonds. The molecule has 108 valence electrons. The van der Waals surface area contributed by atoms with Crippen LogP contribution in [-0.2, 0) is 4.74 Å². The maximum atomic E-state index is 5.47. The van der Waals surface area contributed by atoms with Crippen molar-refractivity contribution < 1.29 is 9.47 Å². The Kier molecular flexibility index (Phi) is 6.31. The molecule has 7 nitrogen and oxygen atoms in total. The largest absolute Gasteiger partial charge is 0.490 e. The van der Waals surface area contributed by atoms with Gasteiger partial charge in [-0.1, -0.05) is 13.8 Å². The van der Waals surface area contributed by atoms with Gasteiger partial charge in [-0.25, -0.2) is 15.8 Å². The van der Waals surface area contributed by atoms with Crippen LogP contribution in [0.25, 0.3) is 0 Å². The van der Waals surface area contributed by atoms with Crippen molar-refractivity contribution in [2.24, 2.45) is 11.8 Å². The van der Waals surface area contributed by atoms with E-state index in [-0.39, 0.29) is 6.04 Å². The average molecular weight is 269 g/mol. The van der Waals surface area contributed by atoms with Crippen molar-refractivity contribution in [1.82, 2.24) is 9.97 Å². The van der Waals surface area contributed by atoms with E-state index >= 15 is 0 Å². The van der Waals surface area contributed by atoms with E-state index in [0.29, 0.717) is 36.5 Å². The van der Waals surface area contributed by atoms with Gasteiger partial charge in [0.1, 0.15) is 6.33 Å². The van der Waals surface area contributed by atoms with E-state index in [2.05, 4.69) is 34.6 Å². The monoisotopic (exact) mass is 269 g/mol. The molecule has 0 aliphatic rings. The Morgan fingerprint density at radius 3 is 2.53 bits per heavy atom. The molecule has 19 heavy (non-hydrogen) atoms. The molecule has 1 atom stereocenters. The molecule has 0 saturated heterocycles. The summed E-state index contributed by atoms with van der Waals surface area (Å²) in [5, 5.41) is 3.31. The number of nitrogen functional groups attached to an aromatic ring is 1. The Balaban J connectivity index is 2.89. The predicted molar refractivity (Wildman–Crippen MR) is 75.1 cm³/mol. The van der Waals surface area contributed by atoms with Gasteiger partial charge in [0, 0.05) is 6.61 Å². The van der Waals surface area contributed by atoms with E-state index in [1.807, 2.05) is 6.92 Å². The second-order valence-corrected chi connectivity index (χ2v) is 4.40. The Morgan fingerprint density at radius 1 is 1.32 bits per heavy atom. The lowest BCUT2D eigenvalue weighted by Crippen LogP contribution is -2.31. The van der Waals surface area contributed by atoms with Gasteiger partial charge in [-0.2, -0.15) is 0 Å². The summed E-state index contributed by atoms with van der Waals surface area (Å²) >= 11 is 0. The summed E-state index contributed by atoms with van der Waals surface area (Å²) in [5.74, 6) is 7.32. The molecule has 0 fully saturated rings. The van der Waals surface area contributed by atoms with E-state index in [0.717, 1.165) is 0 Å². The molecule has 0 saturated carbocycles. The molecule has 0 bridgehead atoms. The lowest BCUT2D eigenvalue weighted by Gasteiger charge is -2.23. The van der Waals surface area contributed by atoms with Gasteiger partial charge in [-0.05, 0) is 12.8 Å². The molecule has 0 aliphatic carbocycles. The van der Waals surface area contributed by atoms with Crippen molar-refractivity contribution in [1.29, 1.82) is 0 Å². The third-order valence-corrected chi connectivity index (χ3v) is 2.77. The first kappa shape index (κ1) is 15.5. The van der Waals surface area contributed by atoms with Crippen LogP contribution < -0.4 is 21.3 Å². The van der Waals surface area contributed by atoms with Gasteiger partial charge in [0.05, 0.1) is 19.8 Å². The number of rotatable bonds is 8. The molecule has 0 spiro atoms. The third kappa shape index (κ3) is 4.22. The second-order valence-electron chi connectivity index (χ2n) is 4.40. The number of hydrogen-bond acceptors (Lipinski definition) is 7. The number of ether oxygens (including phenoxy) is 2. The maximum Gasteiger partial charge on any atom is 0.205 e. The van der Waals surface area contributed by atoms with Crippen LogP contribution in [0.15, 0.2) is 6.33 Å². The van der Waals surface area contributed by atoms with Gasteiger partial charge in [-0.3, -0.25) is 0 Å². The highest BCUT2D eigenvalue weighted by Crippen LogP contribution is 2.29. The second kappa shape index (κ2) is 7.75. The smallest absolute Gasteiger partial charge is 0.205 e. The molecule has 0 radical (unpaired) electrons. The number of nitrogens with zero attached hydrogens (tertiary/aromatic N) is 2. The highest BCUT2D eigenvalue weighted by molar-refractivity contribution is 5.63. The van der Waals surface area contributed by atoms with Crippen molar-refractivity contribution in [3.8, 4) is 5.75 Å². The Morgan fingerprint density at radius 2 is 2.00 bits per heavy atom. The molecule has 1 heterocycles. The lowest BCUT2D eigenvalue weighted by atomic mass is 10.1. The first-order chi connectivity index (χ1) is 9.13. The van der Waals surface area contributed by atoms with Crippen LogP contribution in [0.4, 0.5) is 11.6 Å². The summed E-state index contributed by atoms with van der Waals surface area (Å²) in [4.78, 5) is 8.19. The molecule has 7 heteroatoms. The van der Waals surface area contributed by atoms with Gasteiger partial charge in [0.25, 0.3) is 0 Å². The summed E-state index contributed by atoms with van der Waals surface area (Å²) in [7, 11) is 1.55. The number of aromatic nitrogens is 2. The molecule has 0 aromatic carbocycles. The number of nitrogens with two attached hydrogens (primary N) is 1. The van der Waals surface area contributed by atoms with Crippen LogP contribution in [0, 0.1) is 5.92 Å². The Bertz CT molecular complexity index is 386. The summed E-state index contributed by atoms with van der Waals surface area (Å²) in [5.41, 5.74) is 2.49. The Labute approximate surface area is 113 Å². The Hall–Kier alpha value is -1.60. The van der Waals surface area contributed by atoms with Crippen LogP contribution in [0.3, 0.4) is 0 Å². The number of hydrazine groups is 1. The third-order valence-electron chi connectivity index (χ3n) is 2.77. The van der Waals surface area contributed by atoms with Crippen LogP contribution in [0.1, 0.15) is 20.8 Å². The molecule has 0 aliphatic heterocycles. The lowest BCUT2D eigenvalue weighted by molar-refractivity contribution is 0.126. The normalized spacial score (nSPS) is 12.3. The van der Waals surface area contributed by atoms with Crippen molar-refractivity contribution in [3.05, 3.63) is 6.33 Å². The number of nitrogens with one attached hydrogen (secondary N) is 2. The van der Waals surface area contributed by atoms with Gasteiger partial charge in [-0.15, -0.1) is 0 Å². The standard InChI is InChI=1S/C12H23N5O2/c1-5-19-6-9(8(2)3)16-11-10(18-4)12(17-13)15-7-14-11/h7-9H,5-6,13H2,1-4H3,(H2,14,15,16,17). The molecule has 1 unspecified atom stereocenters. The fraction of sp³-hybridized carbons (Fsp3) is 0.667. The molecule has 1 aromatic heterocycles. The highest BCUT2D eigenvalue weighted by Gasteiger charge is 2.18. The number of anilines is 2. The van der Waals surface area contributed by atoms with E-state index in [4.69, 9.17) is 15.3 Å². The van der Waals surface area contributed by atoms with Crippen LogP contribution in [-0.4, -0.2) is 36.3 Å². The minimum atomic E-state index is 0.134. The molecular weight excluding hydrogens is 246 g/mol. The summed E-state index contributed by atoms with van der Waals surface area (Å²) in [6.45, 7) is 7.49. The van der Waals surface area contributed by atoms with Crippen molar-refractivity contribution >= 4 is 11.6 Å². The fourth-order valence-corrected chi connectivity index (χ4v) is 1.59. The first-order valence-electron chi connectivity index (χ1n) is 6.33. The fourth-order valence-electron chi connectivity index (χ4n) is 1.59. The quantitative estimate of drug-likeness (QED) is 0.483. The van der Waals surface area contributed by atoms with Gasteiger partial charge in [0.15, 0.2) is 11.6 Å². The number of methoxy groups -OCH3 is 1. The minimum Gasteiger partial charge on any atom is -0.490 e. The zero-order valence-corrected chi connectivity index (χ0v) is 11.9. The molecule has 4 N–H and O–H groups in total. The van der Waals surface area contributed by atoms with E-state index in [9.17, 15) is 0 Å². The maximum absolute atomic E-state index is 5.47. The molecule has 1 rings (SSSR count). The molecular formula is C12H23N5O2. The summed E-state index contributed by atoms with van der Waals surface area (Å²) in [6.07, 6.45) is 1.43. The van der Waals surface area contributed by atoms with Gasteiger partial charge < -0.3 is 20.2 Å². The zero-order valence-electron chi connectivity index (χ0n) is 11.9. The van der Waals surface area contributed by atoms with Crippen molar-refractivity contribution in [3.63, 3.8) is 0 Å². The SMILES string of the molecule is CCOCC(Nc1ncnc(NN)c1OC)C(C)C. The van der Waals surface area contributed by atoms with Crippen LogP contribution in [0.5, 0.6) is 5.75 Å². The van der Waals surface area contributed by atoms with Gasteiger partial charge >= 0.3 is 0 Å². The summed E-state index contributed by atoms with van der Waals surface area (Å²) in [6, 6.07) is 0.134. The van der Waals surface area contributed by atoms with E-state index in [1.54, 1.807) is 7.11 Å². The average Bonchev–Trinajstić information content (AvgIpc) is 2.42. The van der Waals surface area contributed by atoms with Crippen molar-refractivity contribution in [2.75, 3.05) is 31.1 Å². The summed E-state index contributed by atoms with van der Waals surface area (Å²) < 4.78 is 10.8. The topological polar surface area (TPSA) is 94.3 Å². The minimum absolute atomic E-state index is 0.134. The molecule has 1 aromatic rings. The first-order valence-corrected chi connectivity index (χ1v) is 6.33. The predicted octanol–water partition coefficient (Wildman–Crippen LogP) is 1.24. The van der Waals surface area contributed by atoms with Crippen LogP contribution in [0.2, 0.25) is 0 Å². The van der Waals surface area contributed by atoms with Crippen LogP contribution >= 0.6 is 0 Å².